The van der Waals surface area contributed by atoms with E-state index in [9.17, 15) is 4.79 Å². The van der Waals surface area contributed by atoms with Gasteiger partial charge in [0.15, 0.2) is 0 Å². The molecule has 2 N–H and O–H groups in total. The number of nitrogens with zero attached hydrogens (tertiary/aromatic N) is 1. The molecule has 114 valence electrons. The Kier molecular flexibility index (Phi) is 8.14. The molecule has 0 heterocycles. The van der Waals surface area contributed by atoms with Gasteiger partial charge in [-0.05, 0) is 19.2 Å². The number of hydrogen-bond acceptors (Lipinski definition) is 4. The van der Waals surface area contributed by atoms with Crippen molar-refractivity contribution >= 4 is 5.91 Å². The third-order valence-corrected chi connectivity index (χ3v) is 2.93. The summed E-state index contributed by atoms with van der Waals surface area (Å²) in [7, 11) is 3.64. The Morgan fingerprint density at radius 2 is 2.14 bits per heavy atom. The number of aliphatic hydroxyl groups is 1. The number of amides is 1. The number of nitrogens with one attached hydrogen (secondary N) is 1. The first-order valence-corrected chi connectivity index (χ1v) is 6.83. The third kappa shape index (κ3) is 6.41. The number of likely N-dealkylation sites (N-methyl/N-ethyl adjacent to an activating group) is 1. The molecule has 5 nitrogen and oxygen atoms in total. The van der Waals surface area contributed by atoms with E-state index in [1.807, 2.05) is 13.1 Å². The Morgan fingerprint density at radius 1 is 1.38 bits per heavy atom. The molecule has 0 saturated heterocycles. The van der Waals surface area contributed by atoms with Gasteiger partial charge >= 0.3 is 0 Å². The van der Waals surface area contributed by atoms with Crippen LogP contribution in [0.4, 0.5) is 0 Å². The Balaban J connectivity index is 2.52. The number of benzene rings is 1. The molecule has 0 atom stereocenters. The van der Waals surface area contributed by atoms with E-state index in [1.165, 1.54) is 0 Å². The molecule has 5 heteroatoms. The minimum Gasteiger partial charge on any atom is -0.384 e. The Labute approximate surface area is 125 Å². The van der Waals surface area contributed by atoms with Crippen molar-refractivity contribution in [3.63, 3.8) is 0 Å². The van der Waals surface area contributed by atoms with E-state index in [4.69, 9.17) is 9.84 Å². The highest BCUT2D eigenvalue weighted by atomic mass is 16.5. The van der Waals surface area contributed by atoms with Crippen LogP contribution in [0.2, 0.25) is 0 Å². The highest BCUT2D eigenvalue weighted by molar-refractivity contribution is 5.96. The van der Waals surface area contributed by atoms with Crippen molar-refractivity contribution in [3.8, 4) is 11.8 Å². The third-order valence-electron chi connectivity index (χ3n) is 2.93. The van der Waals surface area contributed by atoms with Gasteiger partial charge in [0.1, 0.15) is 6.61 Å². The number of hydrogen-bond donors (Lipinski definition) is 2. The Morgan fingerprint density at radius 3 is 2.86 bits per heavy atom. The van der Waals surface area contributed by atoms with Crippen LogP contribution in [0.1, 0.15) is 15.9 Å². The summed E-state index contributed by atoms with van der Waals surface area (Å²) in [6.45, 7) is 2.58. The molecule has 0 aliphatic heterocycles. The lowest BCUT2D eigenvalue weighted by Crippen LogP contribution is -2.34. The maximum atomic E-state index is 12.1. The molecule has 0 aliphatic rings. The standard InChI is InChI=1S/C16H22N2O3/c1-18(11-13-21-2)10-9-17-16(20)15-8-4-3-6-14(15)7-5-12-19/h3-4,6,8,19H,9-13H2,1-2H3,(H,17,20). The Hall–Kier alpha value is -1.87. The molecule has 1 rings (SSSR count). The molecule has 0 fully saturated rings. The first-order valence-electron chi connectivity index (χ1n) is 6.83. The number of carbonyl (C=O) groups is 1. The predicted octanol–water partition coefficient (Wildman–Crippen LogP) is 0.338. The number of ether oxygens (including phenoxy) is 1. The fourth-order valence-electron chi connectivity index (χ4n) is 1.74. The minimum atomic E-state index is -0.222. The van der Waals surface area contributed by atoms with E-state index < -0.39 is 0 Å². The zero-order valence-electron chi connectivity index (χ0n) is 12.6. The molecule has 1 aromatic rings. The van der Waals surface area contributed by atoms with Gasteiger partial charge in [-0.25, -0.2) is 0 Å². The van der Waals surface area contributed by atoms with Crippen LogP contribution in [0.5, 0.6) is 0 Å². The largest absolute Gasteiger partial charge is 0.384 e. The average Bonchev–Trinajstić information content (AvgIpc) is 2.51. The fraction of sp³-hybridized carbons (Fsp3) is 0.438. The second kappa shape index (κ2) is 9.94. The monoisotopic (exact) mass is 290 g/mol. The zero-order chi connectivity index (χ0) is 15.5. The molecule has 21 heavy (non-hydrogen) atoms. The highest BCUT2D eigenvalue weighted by Crippen LogP contribution is 2.06. The van der Waals surface area contributed by atoms with Crippen molar-refractivity contribution in [3.05, 3.63) is 35.4 Å². The number of aliphatic hydroxyl groups excluding tert-OH is 1. The van der Waals surface area contributed by atoms with Gasteiger partial charge in [-0.1, -0.05) is 24.0 Å². The van der Waals surface area contributed by atoms with E-state index in [2.05, 4.69) is 22.1 Å². The van der Waals surface area contributed by atoms with Crippen molar-refractivity contribution in [2.24, 2.45) is 0 Å². The maximum Gasteiger partial charge on any atom is 0.252 e. The van der Waals surface area contributed by atoms with Gasteiger partial charge in [0.25, 0.3) is 5.91 Å². The van der Waals surface area contributed by atoms with Crippen molar-refractivity contribution in [2.45, 2.75) is 0 Å². The first kappa shape index (κ1) is 17.2. The summed E-state index contributed by atoms with van der Waals surface area (Å²) in [4.78, 5) is 14.2. The number of rotatable bonds is 7. The molecule has 1 aromatic carbocycles. The van der Waals surface area contributed by atoms with Crippen molar-refractivity contribution in [1.82, 2.24) is 10.2 Å². The van der Waals surface area contributed by atoms with Crippen LogP contribution in [-0.2, 0) is 4.74 Å². The predicted molar refractivity (Wildman–Crippen MR) is 82.1 cm³/mol. The lowest BCUT2D eigenvalue weighted by molar-refractivity contribution is 0.0947. The van der Waals surface area contributed by atoms with Crippen LogP contribution in [0.3, 0.4) is 0 Å². The van der Waals surface area contributed by atoms with Crippen molar-refractivity contribution in [1.29, 1.82) is 0 Å². The molecular weight excluding hydrogens is 268 g/mol. The number of methoxy groups -OCH3 is 1. The first-order chi connectivity index (χ1) is 10.2. The summed E-state index contributed by atoms with van der Waals surface area (Å²) >= 11 is 0. The zero-order valence-corrected chi connectivity index (χ0v) is 12.6. The lowest BCUT2D eigenvalue weighted by Gasteiger charge is -2.16. The van der Waals surface area contributed by atoms with Gasteiger partial charge in [-0.15, -0.1) is 0 Å². The van der Waals surface area contributed by atoms with Crippen LogP contribution >= 0.6 is 0 Å². The molecule has 0 bridgehead atoms. The van der Waals surface area contributed by atoms with E-state index in [0.717, 1.165) is 13.1 Å². The molecule has 0 aliphatic carbocycles. The van der Waals surface area contributed by atoms with Crippen LogP contribution in [0.15, 0.2) is 24.3 Å². The topological polar surface area (TPSA) is 61.8 Å². The van der Waals surface area contributed by atoms with Gasteiger partial charge in [0.2, 0.25) is 0 Å². The molecule has 0 aromatic heterocycles. The molecular formula is C16H22N2O3. The second-order valence-corrected chi connectivity index (χ2v) is 4.56. The van der Waals surface area contributed by atoms with Gasteiger partial charge in [0.05, 0.1) is 12.2 Å². The SMILES string of the molecule is COCCN(C)CCNC(=O)c1ccccc1C#CCO. The van der Waals surface area contributed by atoms with E-state index in [-0.39, 0.29) is 12.5 Å². The van der Waals surface area contributed by atoms with Gasteiger partial charge < -0.3 is 20.1 Å². The van der Waals surface area contributed by atoms with Crippen molar-refractivity contribution < 1.29 is 14.6 Å². The number of carbonyl (C=O) groups excluding carboxylic acids is 1. The van der Waals surface area contributed by atoms with Crippen LogP contribution in [-0.4, -0.2) is 62.9 Å². The highest BCUT2D eigenvalue weighted by Gasteiger charge is 2.09. The maximum absolute atomic E-state index is 12.1. The summed E-state index contributed by atoms with van der Waals surface area (Å²) in [5, 5.41) is 11.6. The van der Waals surface area contributed by atoms with Crippen LogP contribution in [0.25, 0.3) is 0 Å². The normalized spacial score (nSPS) is 10.1. The second-order valence-electron chi connectivity index (χ2n) is 4.56. The van der Waals surface area contributed by atoms with Gasteiger partial charge in [-0.2, -0.15) is 0 Å². The smallest absolute Gasteiger partial charge is 0.252 e. The van der Waals surface area contributed by atoms with E-state index in [1.54, 1.807) is 25.3 Å². The van der Waals surface area contributed by atoms with Crippen LogP contribution in [0, 0.1) is 11.8 Å². The molecule has 0 spiro atoms. The summed E-state index contributed by atoms with van der Waals surface area (Å²) in [5.41, 5.74) is 1.15. The molecule has 0 saturated carbocycles. The minimum absolute atomic E-state index is 0.155. The summed E-state index contributed by atoms with van der Waals surface area (Å²) < 4.78 is 5.00. The quantitative estimate of drug-likeness (QED) is 0.711. The van der Waals surface area contributed by atoms with E-state index >= 15 is 0 Å². The molecule has 0 unspecified atom stereocenters. The summed E-state index contributed by atoms with van der Waals surface area (Å²) in [5.74, 6) is 5.19. The average molecular weight is 290 g/mol. The van der Waals surface area contributed by atoms with Crippen LogP contribution < -0.4 is 5.32 Å². The summed E-state index contributed by atoms with van der Waals surface area (Å²) in [6, 6.07) is 7.11. The van der Waals surface area contributed by atoms with Gasteiger partial charge in [0, 0.05) is 32.3 Å². The van der Waals surface area contributed by atoms with Gasteiger partial charge in [-0.3, -0.25) is 4.79 Å². The van der Waals surface area contributed by atoms with E-state index in [0.29, 0.717) is 24.3 Å². The Bertz CT molecular complexity index is 506. The molecule has 1 amide bonds. The van der Waals surface area contributed by atoms with Crippen molar-refractivity contribution in [2.75, 3.05) is 47.0 Å². The fourth-order valence-corrected chi connectivity index (χ4v) is 1.74. The molecule has 0 radical (unpaired) electrons. The summed E-state index contributed by atoms with van der Waals surface area (Å²) in [6.07, 6.45) is 0. The lowest BCUT2D eigenvalue weighted by atomic mass is 10.1.